The van der Waals surface area contributed by atoms with Crippen LogP contribution in [0.5, 0.6) is 17.2 Å². The molecule has 0 saturated carbocycles. The number of hydrogen-bond acceptors (Lipinski definition) is 6. The number of allylic oxidation sites excluding steroid dienone is 1. The number of rotatable bonds is 13. The molecule has 8 nitrogen and oxygen atoms in total. The van der Waals surface area contributed by atoms with Crippen LogP contribution in [0.3, 0.4) is 0 Å². The summed E-state index contributed by atoms with van der Waals surface area (Å²) in [6.07, 6.45) is 4.87. The first-order valence-corrected chi connectivity index (χ1v) is 13.6. The number of amides is 1. The standard InChI is InChI=1S/C33H37N3O5/c1-7-9-26-18-25(19-31(38-6)32(26)40-24(5)8-2)20-34-35-33(37)30-17-16-29(41-30)21-39-28-14-12-27(13-15-28)36-22(3)10-11-23(36)4/h7,10-20,24H,1,8-9,21H2,2-6H3,(H,35,37)/b34-20+/t24-/m0/s1. The molecule has 0 aliphatic carbocycles. The topological polar surface area (TPSA) is 87.2 Å². The maximum atomic E-state index is 12.6. The Morgan fingerprint density at radius 3 is 2.49 bits per heavy atom. The van der Waals surface area contributed by atoms with Gasteiger partial charge >= 0.3 is 5.91 Å². The number of ether oxygens (including phenoxy) is 3. The van der Waals surface area contributed by atoms with Crippen molar-refractivity contribution in [2.45, 2.75) is 53.2 Å². The highest BCUT2D eigenvalue weighted by Crippen LogP contribution is 2.34. The summed E-state index contributed by atoms with van der Waals surface area (Å²) in [7, 11) is 1.60. The molecule has 1 amide bonds. The highest BCUT2D eigenvalue weighted by Gasteiger charge is 2.15. The lowest BCUT2D eigenvalue weighted by Crippen LogP contribution is -2.17. The first kappa shape index (κ1) is 29.3. The molecule has 0 unspecified atom stereocenters. The minimum absolute atomic E-state index is 0.0409. The van der Waals surface area contributed by atoms with Crippen molar-refractivity contribution < 1.29 is 23.4 Å². The highest BCUT2D eigenvalue weighted by atomic mass is 16.5. The number of furan rings is 1. The van der Waals surface area contributed by atoms with Gasteiger partial charge in [0.05, 0.1) is 19.4 Å². The number of aryl methyl sites for hydroxylation is 2. The smallest absolute Gasteiger partial charge is 0.307 e. The number of nitrogens with zero attached hydrogens (tertiary/aromatic N) is 2. The SMILES string of the molecule is C=CCc1cc(/C=N/NC(=O)c2ccc(COc3ccc(-n4c(C)ccc4C)cc3)o2)cc(OC)c1O[C@@H](C)CC. The molecule has 4 rings (SSSR count). The van der Waals surface area contributed by atoms with Crippen molar-refractivity contribution >= 4 is 12.1 Å². The van der Waals surface area contributed by atoms with Crippen LogP contribution in [0.4, 0.5) is 0 Å². The van der Waals surface area contributed by atoms with Crippen molar-refractivity contribution in [1.82, 2.24) is 9.99 Å². The number of carbonyl (C=O) groups excluding carboxylic acids is 1. The molecule has 0 fully saturated rings. The fourth-order valence-electron chi connectivity index (χ4n) is 4.35. The number of hydrogen-bond donors (Lipinski definition) is 1. The average molecular weight is 556 g/mol. The maximum absolute atomic E-state index is 12.6. The molecular formula is C33H37N3O5. The molecule has 1 N–H and O–H groups in total. The third-order valence-electron chi connectivity index (χ3n) is 6.64. The molecular weight excluding hydrogens is 518 g/mol. The minimum Gasteiger partial charge on any atom is -0.493 e. The van der Waals surface area contributed by atoms with Crippen LogP contribution in [0.25, 0.3) is 5.69 Å². The summed E-state index contributed by atoms with van der Waals surface area (Å²) in [4.78, 5) is 12.6. The third-order valence-corrected chi connectivity index (χ3v) is 6.64. The molecule has 0 saturated heterocycles. The largest absolute Gasteiger partial charge is 0.493 e. The molecule has 2 heterocycles. The van der Waals surface area contributed by atoms with Gasteiger partial charge in [-0.3, -0.25) is 4.79 Å². The van der Waals surface area contributed by atoms with E-state index in [1.807, 2.05) is 43.3 Å². The van der Waals surface area contributed by atoms with Crippen LogP contribution in [0.2, 0.25) is 0 Å². The van der Waals surface area contributed by atoms with Crippen molar-refractivity contribution in [3.63, 3.8) is 0 Å². The van der Waals surface area contributed by atoms with Gasteiger partial charge in [0.25, 0.3) is 0 Å². The Labute approximate surface area is 241 Å². The molecule has 0 bridgehead atoms. The quantitative estimate of drug-likeness (QED) is 0.110. The third kappa shape index (κ3) is 7.28. The summed E-state index contributed by atoms with van der Waals surface area (Å²) >= 11 is 0. The molecule has 1 atom stereocenters. The van der Waals surface area contributed by atoms with Gasteiger partial charge in [0.1, 0.15) is 18.1 Å². The van der Waals surface area contributed by atoms with Gasteiger partial charge in [0, 0.05) is 22.6 Å². The maximum Gasteiger partial charge on any atom is 0.307 e. The zero-order valence-corrected chi connectivity index (χ0v) is 24.3. The predicted octanol–water partition coefficient (Wildman–Crippen LogP) is 6.94. The molecule has 8 heteroatoms. The molecule has 0 radical (unpaired) electrons. The Bertz CT molecular complexity index is 1490. The summed E-state index contributed by atoms with van der Waals surface area (Å²) in [5.41, 5.74) is 7.59. The van der Waals surface area contributed by atoms with E-state index in [2.05, 4.69) is 54.6 Å². The van der Waals surface area contributed by atoms with E-state index in [1.54, 1.807) is 31.5 Å². The molecule has 0 spiro atoms. The first-order chi connectivity index (χ1) is 19.8. The number of benzene rings is 2. The zero-order valence-electron chi connectivity index (χ0n) is 24.3. The van der Waals surface area contributed by atoms with E-state index in [0.29, 0.717) is 29.4 Å². The number of carbonyl (C=O) groups is 1. The first-order valence-electron chi connectivity index (χ1n) is 13.6. The fourth-order valence-corrected chi connectivity index (χ4v) is 4.35. The molecule has 4 aromatic rings. The summed E-state index contributed by atoms with van der Waals surface area (Å²) in [5, 5.41) is 4.11. The Morgan fingerprint density at radius 1 is 1.10 bits per heavy atom. The molecule has 2 aromatic carbocycles. The summed E-state index contributed by atoms with van der Waals surface area (Å²) < 4.78 is 25.4. The Morgan fingerprint density at radius 2 is 1.83 bits per heavy atom. The van der Waals surface area contributed by atoms with Crippen LogP contribution in [0, 0.1) is 13.8 Å². The van der Waals surface area contributed by atoms with Crippen LogP contribution in [-0.2, 0) is 13.0 Å². The monoisotopic (exact) mass is 555 g/mol. The van der Waals surface area contributed by atoms with Gasteiger partial charge in [-0.1, -0.05) is 13.0 Å². The molecule has 214 valence electrons. The normalized spacial score (nSPS) is 11.8. The Kier molecular flexibility index (Phi) is 9.68. The van der Waals surface area contributed by atoms with Gasteiger partial charge in [-0.05, 0) is 99.8 Å². The minimum atomic E-state index is -0.468. The van der Waals surface area contributed by atoms with Crippen LogP contribution in [-0.4, -0.2) is 29.9 Å². The van der Waals surface area contributed by atoms with Crippen LogP contribution in [0.1, 0.15) is 59.1 Å². The van der Waals surface area contributed by atoms with E-state index in [1.165, 1.54) is 11.4 Å². The van der Waals surface area contributed by atoms with E-state index in [4.69, 9.17) is 18.6 Å². The van der Waals surface area contributed by atoms with Crippen molar-refractivity contribution in [1.29, 1.82) is 0 Å². The summed E-state index contributed by atoms with van der Waals surface area (Å²) in [6, 6.07) is 19.1. The average Bonchev–Trinajstić information content (AvgIpc) is 3.59. The lowest BCUT2D eigenvalue weighted by molar-refractivity contribution is 0.0923. The molecule has 0 aliphatic heterocycles. The number of hydrazone groups is 1. The molecule has 2 aromatic heterocycles. The second-order valence-corrected chi connectivity index (χ2v) is 9.74. The van der Waals surface area contributed by atoms with Crippen LogP contribution < -0.4 is 19.6 Å². The Balaban J connectivity index is 1.35. The Hall–Kier alpha value is -4.72. The second-order valence-electron chi connectivity index (χ2n) is 9.74. The van der Waals surface area contributed by atoms with Gasteiger partial charge in [-0.25, -0.2) is 5.43 Å². The van der Waals surface area contributed by atoms with Crippen molar-refractivity contribution in [3.05, 3.63) is 107 Å². The predicted molar refractivity (Wildman–Crippen MR) is 161 cm³/mol. The second kappa shape index (κ2) is 13.6. The summed E-state index contributed by atoms with van der Waals surface area (Å²) in [5.74, 6) is 2.18. The van der Waals surface area contributed by atoms with Crippen molar-refractivity contribution in [3.8, 4) is 22.9 Å². The highest BCUT2D eigenvalue weighted by molar-refractivity contribution is 5.92. The van der Waals surface area contributed by atoms with E-state index in [-0.39, 0.29) is 18.5 Å². The number of methoxy groups -OCH3 is 1. The van der Waals surface area contributed by atoms with E-state index >= 15 is 0 Å². The van der Waals surface area contributed by atoms with E-state index in [9.17, 15) is 4.79 Å². The van der Waals surface area contributed by atoms with Crippen molar-refractivity contribution in [2.24, 2.45) is 5.10 Å². The van der Waals surface area contributed by atoms with Gasteiger partial charge in [-0.2, -0.15) is 5.10 Å². The number of aromatic nitrogens is 1. The number of nitrogens with one attached hydrogen (secondary N) is 1. The van der Waals surface area contributed by atoms with Gasteiger partial charge in [-0.15, -0.1) is 6.58 Å². The molecule has 0 aliphatic rings. The van der Waals surface area contributed by atoms with Gasteiger partial charge in [0.2, 0.25) is 0 Å². The van der Waals surface area contributed by atoms with Gasteiger partial charge < -0.3 is 23.2 Å². The lowest BCUT2D eigenvalue weighted by atomic mass is 10.1. The van der Waals surface area contributed by atoms with E-state index < -0.39 is 5.91 Å². The van der Waals surface area contributed by atoms with E-state index in [0.717, 1.165) is 23.2 Å². The fraction of sp³-hybridized carbons (Fsp3) is 0.273. The molecule has 41 heavy (non-hydrogen) atoms. The summed E-state index contributed by atoms with van der Waals surface area (Å²) in [6.45, 7) is 12.3. The van der Waals surface area contributed by atoms with Crippen LogP contribution >= 0.6 is 0 Å². The van der Waals surface area contributed by atoms with Crippen molar-refractivity contribution in [2.75, 3.05) is 7.11 Å². The zero-order chi connectivity index (χ0) is 29.4. The lowest BCUT2D eigenvalue weighted by Gasteiger charge is -2.19. The van der Waals surface area contributed by atoms with Gasteiger partial charge in [0.15, 0.2) is 17.3 Å². The van der Waals surface area contributed by atoms with Crippen LogP contribution in [0.15, 0.2) is 82.8 Å².